The fraction of sp³-hybridized carbons (Fsp3) is 0.314. The van der Waals surface area contributed by atoms with E-state index in [9.17, 15) is 19.5 Å². The van der Waals surface area contributed by atoms with Crippen LogP contribution in [0.2, 0.25) is 0 Å². The molecule has 0 aliphatic carbocycles. The fourth-order valence-electron chi connectivity index (χ4n) is 7.28. The maximum atomic E-state index is 14.1. The zero-order valence-electron chi connectivity index (χ0n) is 34.1. The van der Waals surface area contributed by atoms with E-state index in [1.54, 1.807) is 0 Å². The number of carbonyl (C=O) groups is 3. The maximum absolute atomic E-state index is 14.1. The van der Waals surface area contributed by atoms with Crippen molar-refractivity contribution in [1.82, 2.24) is 10.6 Å². The van der Waals surface area contributed by atoms with Crippen molar-refractivity contribution in [2.75, 3.05) is 13.2 Å². The van der Waals surface area contributed by atoms with Crippen molar-refractivity contribution < 1.29 is 33.7 Å². The standard InChI is InChI=1S/C51H56N2O7/c54-34-45(31-39-22-26-47(27-23-39)58-35-41-16-8-4-9-17-41)52-49(55)33-43-20-12-1-2-13-21-44(30-38-14-6-3-7-15-38)51(57)60-37-46(53-50(43)56)32-40-24-28-48(29-25-40)59-36-42-18-10-5-11-19-42/h1,3-12,14-19,22-29,43-46,54H,2,13,20-21,30-37H2,(H,52,55)(H,53,56). The van der Waals surface area contributed by atoms with Crippen LogP contribution >= 0.6 is 0 Å². The van der Waals surface area contributed by atoms with Crippen molar-refractivity contribution >= 4 is 17.8 Å². The van der Waals surface area contributed by atoms with Gasteiger partial charge in [-0.3, -0.25) is 14.4 Å². The highest BCUT2D eigenvalue weighted by Crippen LogP contribution is 2.22. The van der Waals surface area contributed by atoms with Crippen molar-refractivity contribution in [3.63, 3.8) is 0 Å². The quantitative estimate of drug-likeness (QED) is 0.0680. The van der Waals surface area contributed by atoms with Gasteiger partial charge in [-0.2, -0.15) is 0 Å². The van der Waals surface area contributed by atoms with Crippen molar-refractivity contribution in [3.8, 4) is 11.5 Å². The monoisotopic (exact) mass is 808 g/mol. The Morgan fingerprint density at radius 2 is 1.23 bits per heavy atom. The number of hydrogen-bond acceptors (Lipinski definition) is 7. The summed E-state index contributed by atoms with van der Waals surface area (Å²) in [6.07, 6.45) is 7.84. The van der Waals surface area contributed by atoms with Gasteiger partial charge in [-0.15, -0.1) is 0 Å². The summed E-state index contributed by atoms with van der Waals surface area (Å²) in [7, 11) is 0. The molecule has 60 heavy (non-hydrogen) atoms. The number of rotatable bonds is 16. The van der Waals surface area contributed by atoms with Crippen LogP contribution in [0, 0.1) is 11.8 Å². The molecular weight excluding hydrogens is 753 g/mol. The van der Waals surface area contributed by atoms with Crippen molar-refractivity contribution in [1.29, 1.82) is 0 Å². The number of aliphatic hydroxyl groups excluding tert-OH is 1. The van der Waals surface area contributed by atoms with Crippen LogP contribution in [-0.2, 0) is 51.6 Å². The Hall–Kier alpha value is -6.19. The SMILES string of the molecule is O=C(CC1CC=CCCCC(Cc2ccccc2)C(=O)OCC(Cc2ccc(OCc3ccccc3)cc2)NC1=O)NC(CO)Cc1ccc(OCc2ccccc2)cc1. The van der Waals surface area contributed by atoms with Crippen LogP contribution in [0.25, 0.3) is 0 Å². The molecule has 5 aromatic carbocycles. The van der Waals surface area contributed by atoms with Gasteiger partial charge in [0.25, 0.3) is 0 Å². The first-order valence-corrected chi connectivity index (χ1v) is 21.0. The highest BCUT2D eigenvalue weighted by atomic mass is 16.5. The molecule has 3 N–H and O–H groups in total. The fourth-order valence-corrected chi connectivity index (χ4v) is 7.28. The Morgan fingerprint density at radius 1 is 0.683 bits per heavy atom. The van der Waals surface area contributed by atoms with Crippen LogP contribution in [0.4, 0.5) is 0 Å². The summed E-state index contributed by atoms with van der Waals surface area (Å²) < 4.78 is 17.9. The second-order valence-corrected chi connectivity index (χ2v) is 15.5. The molecule has 1 heterocycles. The average molecular weight is 809 g/mol. The zero-order chi connectivity index (χ0) is 41.8. The van der Waals surface area contributed by atoms with Gasteiger partial charge >= 0.3 is 5.97 Å². The summed E-state index contributed by atoms with van der Waals surface area (Å²) in [5.74, 6) is -0.469. The highest BCUT2D eigenvalue weighted by molar-refractivity contribution is 5.86. The second-order valence-electron chi connectivity index (χ2n) is 15.5. The molecule has 0 aromatic heterocycles. The predicted molar refractivity (Wildman–Crippen MR) is 233 cm³/mol. The Bertz CT molecular complexity index is 2070. The van der Waals surface area contributed by atoms with Gasteiger partial charge in [0, 0.05) is 6.42 Å². The minimum atomic E-state index is -0.678. The van der Waals surface area contributed by atoms with Gasteiger partial charge in [-0.25, -0.2) is 0 Å². The molecule has 9 heteroatoms. The molecule has 0 saturated heterocycles. The lowest BCUT2D eigenvalue weighted by molar-refractivity contribution is -0.150. The van der Waals surface area contributed by atoms with E-state index < -0.39 is 18.0 Å². The van der Waals surface area contributed by atoms with Crippen molar-refractivity contribution in [2.45, 2.75) is 76.7 Å². The lowest BCUT2D eigenvalue weighted by Crippen LogP contribution is -2.45. The van der Waals surface area contributed by atoms with Gasteiger partial charge in [0.2, 0.25) is 11.8 Å². The Labute approximate surface area is 353 Å². The number of amides is 2. The Balaban J connectivity index is 1.10. The molecule has 4 unspecified atom stereocenters. The first-order valence-electron chi connectivity index (χ1n) is 21.0. The van der Waals surface area contributed by atoms with E-state index in [1.807, 2.05) is 152 Å². The van der Waals surface area contributed by atoms with Gasteiger partial charge in [-0.1, -0.05) is 127 Å². The zero-order valence-corrected chi connectivity index (χ0v) is 34.1. The largest absolute Gasteiger partial charge is 0.489 e. The number of allylic oxidation sites excluding steroid dienone is 2. The molecule has 2 amide bonds. The third kappa shape index (κ3) is 14.6. The molecule has 0 bridgehead atoms. The van der Waals surface area contributed by atoms with E-state index >= 15 is 0 Å². The number of hydrogen-bond donors (Lipinski definition) is 3. The summed E-state index contributed by atoms with van der Waals surface area (Å²) >= 11 is 0. The number of esters is 1. The van der Waals surface area contributed by atoms with Gasteiger partial charge < -0.3 is 30.0 Å². The molecule has 1 aliphatic heterocycles. The topological polar surface area (TPSA) is 123 Å². The molecule has 0 saturated carbocycles. The van der Waals surface area contributed by atoms with Crippen LogP contribution in [0.3, 0.4) is 0 Å². The van der Waals surface area contributed by atoms with E-state index in [0.717, 1.165) is 52.2 Å². The summed E-state index contributed by atoms with van der Waals surface area (Å²) in [5.41, 5.74) is 5.07. The maximum Gasteiger partial charge on any atom is 0.309 e. The van der Waals surface area contributed by atoms with E-state index in [-0.39, 0.29) is 43.3 Å². The second kappa shape index (κ2) is 23.4. The van der Waals surface area contributed by atoms with Crippen LogP contribution in [-0.4, -0.2) is 48.2 Å². The Kier molecular flexibility index (Phi) is 16.9. The molecule has 312 valence electrons. The van der Waals surface area contributed by atoms with Crippen LogP contribution in [0.15, 0.2) is 152 Å². The molecular formula is C51H56N2O7. The number of aliphatic hydroxyl groups is 1. The van der Waals surface area contributed by atoms with Gasteiger partial charge in [-0.05, 0) is 97.0 Å². The molecule has 5 aromatic rings. The van der Waals surface area contributed by atoms with E-state index in [0.29, 0.717) is 45.3 Å². The van der Waals surface area contributed by atoms with Gasteiger partial charge in [0.1, 0.15) is 31.3 Å². The number of benzene rings is 5. The minimum absolute atomic E-state index is 0.0143. The van der Waals surface area contributed by atoms with Crippen molar-refractivity contribution in [3.05, 3.63) is 179 Å². The first kappa shape index (κ1) is 43.4. The van der Waals surface area contributed by atoms with Crippen molar-refractivity contribution in [2.24, 2.45) is 11.8 Å². The molecule has 4 atom stereocenters. The van der Waals surface area contributed by atoms with Gasteiger partial charge in [0.15, 0.2) is 0 Å². The average Bonchev–Trinajstić information content (AvgIpc) is 3.28. The van der Waals surface area contributed by atoms with Crippen LogP contribution in [0.1, 0.15) is 59.9 Å². The smallest absolute Gasteiger partial charge is 0.309 e. The first-order chi connectivity index (χ1) is 29.4. The lowest BCUT2D eigenvalue weighted by Gasteiger charge is -2.25. The molecule has 0 fully saturated rings. The number of nitrogens with one attached hydrogen (secondary N) is 2. The summed E-state index contributed by atoms with van der Waals surface area (Å²) in [6, 6.07) is 44.0. The number of carbonyl (C=O) groups excluding carboxylic acids is 3. The molecule has 9 nitrogen and oxygen atoms in total. The van der Waals surface area contributed by atoms with Crippen LogP contribution < -0.4 is 20.1 Å². The summed E-state index contributed by atoms with van der Waals surface area (Å²) in [6.45, 7) is 0.626. The van der Waals surface area contributed by atoms with Gasteiger partial charge in [0.05, 0.1) is 30.5 Å². The molecule has 0 radical (unpaired) electrons. The molecule has 1 aliphatic rings. The van der Waals surface area contributed by atoms with E-state index in [1.165, 1.54) is 0 Å². The van der Waals surface area contributed by atoms with E-state index in [4.69, 9.17) is 14.2 Å². The third-order valence-electron chi connectivity index (χ3n) is 10.6. The summed E-state index contributed by atoms with van der Waals surface area (Å²) in [5, 5.41) is 16.3. The molecule has 0 spiro atoms. The minimum Gasteiger partial charge on any atom is -0.489 e. The molecule has 6 rings (SSSR count). The highest BCUT2D eigenvalue weighted by Gasteiger charge is 2.27. The number of ether oxygens (including phenoxy) is 3. The lowest BCUT2D eigenvalue weighted by atomic mass is 9.93. The third-order valence-corrected chi connectivity index (χ3v) is 10.6. The predicted octanol–water partition coefficient (Wildman–Crippen LogP) is 8.13. The Morgan fingerprint density at radius 3 is 1.82 bits per heavy atom. The van der Waals surface area contributed by atoms with E-state index in [2.05, 4.69) is 10.6 Å². The van der Waals surface area contributed by atoms with Crippen LogP contribution in [0.5, 0.6) is 11.5 Å². The normalized spacial score (nSPS) is 18.0. The number of cyclic esters (lactones) is 1. The summed E-state index contributed by atoms with van der Waals surface area (Å²) in [4.78, 5) is 41.2.